The fourth-order valence-electron chi connectivity index (χ4n) is 3.16. The van der Waals surface area contributed by atoms with Crippen LogP contribution in [-0.4, -0.2) is 54.1 Å². The zero-order valence-corrected chi connectivity index (χ0v) is 11.8. The van der Waals surface area contributed by atoms with Crippen LogP contribution in [0.4, 0.5) is 4.79 Å². The highest BCUT2D eigenvalue weighted by Crippen LogP contribution is 2.18. The third-order valence-corrected chi connectivity index (χ3v) is 4.39. The molecule has 1 aliphatic carbocycles. The Balaban J connectivity index is 1.79. The lowest BCUT2D eigenvalue weighted by Gasteiger charge is -2.40. The molecule has 1 heterocycles. The van der Waals surface area contributed by atoms with Gasteiger partial charge >= 0.3 is 6.03 Å². The van der Waals surface area contributed by atoms with Crippen LogP contribution in [0, 0.1) is 0 Å². The molecule has 104 valence electrons. The van der Waals surface area contributed by atoms with Crippen molar-refractivity contribution in [2.75, 3.05) is 26.2 Å². The molecule has 2 rings (SSSR count). The molecule has 1 N–H and O–H groups in total. The van der Waals surface area contributed by atoms with Gasteiger partial charge in [0.15, 0.2) is 0 Å². The van der Waals surface area contributed by atoms with Gasteiger partial charge in [-0.2, -0.15) is 0 Å². The Labute approximate surface area is 111 Å². The van der Waals surface area contributed by atoms with Crippen molar-refractivity contribution in [3.05, 3.63) is 0 Å². The van der Waals surface area contributed by atoms with E-state index in [9.17, 15) is 4.79 Å². The highest BCUT2D eigenvalue weighted by molar-refractivity contribution is 5.74. The molecule has 0 aromatic carbocycles. The van der Waals surface area contributed by atoms with E-state index in [1.165, 1.54) is 19.3 Å². The van der Waals surface area contributed by atoms with E-state index in [1.807, 2.05) is 4.90 Å². The normalized spacial score (nSPS) is 27.2. The van der Waals surface area contributed by atoms with Crippen LogP contribution < -0.4 is 5.32 Å². The molecule has 1 saturated carbocycles. The molecule has 0 aromatic heterocycles. The van der Waals surface area contributed by atoms with Crippen molar-refractivity contribution in [2.24, 2.45) is 0 Å². The second-order valence-electron chi connectivity index (χ2n) is 5.71. The van der Waals surface area contributed by atoms with Gasteiger partial charge < -0.3 is 10.2 Å². The second-order valence-corrected chi connectivity index (χ2v) is 5.71. The monoisotopic (exact) mass is 253 g/mol. The van der Waals surface area contributed by atoms with Crippen LogP contribution in [0.1, 0.15) is 46.0 Å². The smallest absolute Gasteiger partial charge is 0.317 e. The number of carbonyl (C=O) groups excluding carboxylic acids is 1. The van der Waals surface area contributed by atoms with Crippen molar-refractivity contribution in [1.82, 2.24) is 15.1 Å². The third-order valence-electron chi connectivity index (χ3n) is 4.39. The Morgan fingerprint density at radius 3 is 2.56 bits per heavy atom. The molecule has 4 heteroatoms. The summed E-state index contributed by atoms with van der Waals surface area (Å²) in [6, 6.07) is 1.07. The minimum Gasteiger partial charge on any atom is -0.335 e. The number of nitrogens with zero attached hydrogens (tertiary/aromatic N) is 2. The Bertz CT molecular complexity index is 276. The van der Waals surface area contributed by atoms with Crippen molar-refractivity contribution in [1.29, 1.82) is 0 Å². The average Bonchev–Trinajstić information content (AvgIpc) is 2.39. The van der Waals surface area contributed by atoms with E-state index >= 15 is 0 Å². The summed E-state index contributed by atoms with van der Waals surface area (Å²) >= 11 is 0. The maximum atomic E-state index is 12.2. The van der Waals surface area contributed by atoms with E-state index in [2.05, 4.69) is 24.1 Å². The molecule has 2 fully saturated rings. The number of carbonyl (C=O) groups is 1. The molecule has 0 bridgehead atoms. The van der Waals surface area contributed by atoms with Gasteiger partial charge in [0, 0.05) is 31.7 Å². The summed E-state index contributed by atoms with van der Waals surface area (Å²) in [4.78, 5) is 16.6. The maximum Gasteiger partial charge on any atom is 0.317 e. The first-order chi connectivity index (χ1) is 8.70. The van der Waals surface area contributed by atoms with E-state index in [0.717, 1.165) is 39.0 Å². The molecular formula is C14H27N3O. The SMILES string of the molecule is CCN1CCN(C(=O)NC2CCCCC2)CC1C. The highest BCUT2D eigenvalue weighted by atomic mass is 16.2. The number of amides is 2. The molecule has 1 atom stereocenters. The van der Waals surface area contributed by atoms with E-state index in [1.54, 1.807) is 0 Å². The van der Waals surface area contributed by atoms with Gasteiger partial charge in [0.1, 0.15) is 0 Å². The molecular weight excluding hydrogens is 226 g/mol. The Morgan fingerprint density at radius 1 is 1.22 bits per heavy atom. The lowest BCUT2D eigenvalue weighted by molar-refractivity contribution is 0.100. The number of likely N-dealkylation sites (N-methyl/N-ethyl adjacent to an activating group) is 1. The van der Waals surface area contributed by atoms with E-state index in [4.69, 9.17) is 0 Å². The highest BCUT2D eigenvalue weighted by Gasteiger charge is 2.27. The summed E-state index contributed by atoms with van der Waals surface area (Å²) in [6.45, 7) is 8.23. The largest absolute Gasteiger partial charge is 0.335 e. The molecule has 4 nitrogen and oxygen atoms in total. The molecule has 2 aliphatic rings. The fourth-order valence-corrected chi connectivity index (χ4v) is 3.16. The summed E-state index contributed by atoms with van der Waals surface area (Å²) in [5, 5.41) is 3.21. The third kappa shape index (κ3) is 3.37. The van der Waals surface area contributed by atoms with E-state index in [0.29, 0.717) is 12.1 Å². The van der Waals surface area contributed by atoms with Crippen LogP contribution in [0.15, 0.2) is 0 Å². The molecule has 0 spiro atoms. The molecule has 18 heavy (non-hydrogen) atoms. The number of rotatable bonds is 2. The van der Waals surface area contributed by atoms with Gasteiger partial charge in [0.05, 0.1) is 0 Å². The first-order valence-electron chi connectivity index (χ1n) is 7.50. The minimum absolute atomic E-state index is 0.157. The van der Waals surface area contributed by atoms with Gasteiger partial charge in [-0.25, -0.2) is 4.79 Å². The molecule has 1 saturated heterocycles. The molecule has 0 radical (unpaired) electrons. The first kappa shape index (κ1) is 13.7. The lowest BCUT2D eigenvalue weighted by Crippen LogP contribution is -2.56. The topological polar surface area (TPSA) is 35.6 Å². The number of hydrogen-bond acceptors (Lipinski definition) is 2. The van der Waals surface area contributed by atoms with Crippen LogP contribution in [-0.2, 0) is 0 Å². The molecule has 0 aromatic rings. The zero-order chi connectivity index (χ0) is 13.0. The van der Waals surface area contributed by atoms with Crippen LogP contribution in [0.5, 0.6) is 0 Å². The van der Waals surface area contributed by atoms with Crippen molar-refractivity contribution in [3.8, 4) is 0 Å². The van der Waals surface area contributed by atoms with Gasteiger partial charge in [-0.1, -0.05) is 26.2 Å². The maximum absolute atomic E-state index is 12.2. The minimum atomic E-state index is 0.157. The van der Waals surface area contributed by atoms with Gasteiger partial charge in [0.2, 0.25) is 0 Å². The summed E-state index contributed by atoms with van der Waals surface area (Å²) in [6.07, 6.45) is 6.20. The quantitative estimate of drug-likeness (QED) is 0.817. The van der Waals surface area contributed by atoms with Crippen LogP contribution in [0.2, 0.25) is 0 Å². The predicted octanol–water partition coefficient (Wildman–Crippen LogP) is 2.05. The number of hydrogen-bond donors (Lipinski definition) is 1. The predicted molar refractivity (Wildman–Crippen MR) is 73.7 cm³/mol. The summed E-state index contributed by atoms with van der Waals surface area (Å²) in [5.74, 6) is 0. The van der Waals surface area contributed by atoms with Crippen LogP contribution >= 0.6 is 0 Å². The van der Waals surface area contributed by atoms with Crippen molar-refractivity contribution in [3.63, 3.8) is 0 Å². The number of piperazine rings is 1. The first-order valence-corrected chi connectivity index (χ1v) is 7.50. The summed E-state index contributed by atoms with van der Waals surface area (Å²) in [5.41, 5.74) is 0. The van der Waals surface area contributed by atoms with Gasteiger partial charge in [-0.15, -0.1) is 0 Å². The van der Waals surface area contributed by atoms with Gasteiger partial charge in [-0.05, 0) is 26.3 Å². The lowest BCUT2D eigenvalue weighted by atomic mass is 9.96. The van der Waals surface area contributed by atoms with E-state index in [-0.39, 0.29) is 6.03 Å². The van der Waals surface area contributed by atoms with Crippen molar-refractivity contribution >= 4 is 6.03 Å². The van der Waals surface area contributed by atoms with E-state index < -0.39 is 0 Å². The Kier molecular flexibility index (Phi) is 4.87. The van der Waals surface area contributed by atoms with Crippen LogP contribution in [0.3, 0.4) is 0 Å². The standard InChI is InChI=1S/C14H27N3O/c1-3-16-9-10-17(11-12(16)2)14(18)15-13-7-5-4-6-8-13/h12-13H,3-11H2,1-2H3,(H,15,18). The zero-order valence-electron chi connectivity index (χ0n) is 11.8. The Hall–Kier alpha value is -0.770. The van der Waals surface area contributed by atoms with Crippen LogP contribution in [0.25, 0.3) is 0 Å². The van der Waals surface area contributed by atoms with Crippen molar-refractivity contribution in [2.45, 2.75) is 58.0 Å². The molecule has 1 aliphatic heterocycles. The van der Waals surface area contributed by atoms with Crippen molar-refractivity contribution < 1.29 is 4.79 Å². The second kappa shape index (κ2) is 6.41. The molecule has 2 amide bonds. The number of urea groups is 1. The van der Waals surface area contributed by atoms with Gasteiger partial charge in [0.25, 0.3) is 0 Å². The fraction of sp³-hybridized carbons (Fsp3) is 0.929. The number of nitrogens with one attached hydrogen (secondary N) is 1. The summed E-state index contributed by atoms with van der Waals surface area (Å²) in [7, 11) is 0. The summed E-state index contributed by atoms with van der Waals surface area (Å²) < 4.78 is 0. The molecule has 1 unspecified atom stereocenters. The van der Waals surface area contributed by atoms with Gasteiger partial charge in [-0.3, -0.25) is 4.90 Å². The Morgan fingerprint density at radius 2 is 1.94 bits per heavy atom. The average molecular weight is 253 g/mol.